The predicted molar refractivity (Wildman–Crippen MR) is 241 cm³/mol. The summed E-state index contributed by atoms with van der Waals surface area (Å²) in [6, 6.07) is 74.3. The van der Waals surface area contributed by atoms with Gasteiger partial charge >= 0.3 is 0 Å². The van der Waals surface area contributed by atoms with Crippen molar-refractivity contribution < 1.29 is 4.42 Å². The number of fused-ring (bicyclic) bond motifs is 11. The van der Waals surface area contributed by atoms with Gasteiger partial charge in [-0.2, -0.15) is 0 Å². The van der Waals surface area contributed by atoms with Gasteiger partial charge in [0, 0.05) is 50.4 Å². The highest BCUT2D eigenvalue weighted by molar-refractivity contribution is 6.23. The van der Waals surface area contributed by atoms with Crippen molar-refractivity contribution in [3.63, 3.8) is 0 Å². The highest BCUT2D eigenvalue weighted by Gasteiger charge is 2.20. The van der Waals surface area contributed by atoms with E-state index in [9.17, 15) is 0 Å². The first-order chi connectivity index (χ1) is 28.3. The maximum absolute atomic E-state index is 6.90. The van der Waals surface area contributed by atoms with Crippen LogP contribution in [0.25, 0.3) is 92.9 Å². The van der Waals surface area contributed by atoms with Crippen LogP contribution < -0.4 is 4.90 Å². The lowest BCUT2D eigenvalue weighted by atomic mass is 9.94. The number of anilines is 3. The summed E-state index contributed by atoms with van der Waals surface area (Å²) in [6.45, 7) is 0. The highest BCUT2D eigenvalue weighted by Crippen LogP contribution is 2.44. The van der Waals surface area contributed by atoms with Gasteiger partial charge in [0.2, 0.25) is 0 Å². The molecule has 0 aliphatic rings. The van der Waals surface area contributed by atoms with Crippen molar-refractivity contribution in [3.05, 3.63) is 206 Å². The van der Waals surface area contributed by atoms with Crippen molar-refractivity contribution in [1.82, 2.24) is 4.57 Å². The summed E-state index contributed by atoms with van der Waals surface area (Å²) in [5, 5.41) is 12.1. The van der Waals surface area contributed by atoms with Crippen LogP contribution in [0.5, 0.6) is 0 Å². The number of aromatic nitrogens is 1. The van der Waals surface area contributed by atoms with E-state index in [0.717, 1.165) is 55.8 Å². The quantitative estimate of drug-likeness (QED) is 0.165. The first kappa shape index (κ1) is 31.7. The maximum Gasteiger partial charge on any atom is 0.137 e. The third kappa shape index (κ3) is 4.92. The minimum Gasteiger partial charge on any atom is -0.456 e. The van der Waals surface area contributed by atoms with Gasteiger partial charge in [-0.15, -0.1) is 0 Å². The van der Waals surface area contributed by atoms with Gasteiger partial charge in [0.05, 0.1) is 11.0 Å². The van der Waals surface area contributed by atoms with Crippen molar-refractivity contribution in [2.24, 2.45) is 0 Å². The van der Waals surface area contributed by atoms with Gasteiger partial charge in [0.1, 0.15) is 11.2 Å². The summed E-state index contributed by atoms with van der Waals surface area (Å²) >= 11 is 0. The fourth-order valence-corrected chi connectivity index (χ4v) is 9.16. The molecule has 0 aliphatic heterocycles. The van der Waals surface area contributed by atoms with Gasteiger partial charge in [-0.05, 0) is 116 Å². The Bertz CT molecular complexity index is 3520. The van der Waals surface area contributed by atoms with Crippen molar-refractivity contribution in [3.8, 4) is 16.8 Å². The highest BCUT2D eigenvalue weighted by atomic mass is 16.3. The second kappa shape index (κ2) is 12.5. The summed E-state index contributed by atoms with van der Waals surface area (Å²) in [5.74, 6) is 0. The summed E-state index contributed by atoms with van der Waals surface area (Å²) in [4.78, 5) is 2.33. The van der Waals surface area contributed by atoms with Crippen molar-refractivity contribution in [2.75, 3.05) is 4.90 Å². The van der Waals surface area contributed by atoms with Crippen LogP contribution in [0, 0.1) is 0 Å². The molecule has 0 radical (unpaired) electrons. The monoisotopic (exact) mass is 726 g/mol. The second-order valence-corrected chi connectivity index (χ2v) is 14.9. The van der Waals surface area contributed by atoms with E-state index < -0.39 is 0 Å². The van der Waals surface area contributed by atoms with Gasteiger partial charge in [0.25, 0.3) is 0 Å². The van der Waals surface area contributed by atoms with Crippen molar-refractivity contribution in [2.45, 2.75) is 0 Å². The summed E-state index contributed by atoms with van der Waals surface area (Å²) in [7, 11) is 0. The first-order valence-corrected chi connectivity index (χ1v) is 19.5. The van der Waals surface area contributed by atoms with Gasteiger partial charge in [-0.25, -0.2) is 0 Å². The molecule has 266 valence electrons. The number of rotatable bonds is 5. The minimum absolute atomic E-state index is 0.860. The van der Waals surface area contributed by atoms with E-state index in [-0.39, 0.29) is 0 Å². The average molecular weight is 727 g/mol. The Morgan fingerprint density at radius 2 is 0.982 bits per heavy atom. The molecule has 0 saturated carbocycles. The molecule has 2 aromatic heterocycles. The van der Waals surface area contributed by atoms with Crippen molar-refractivity contribution in [1.29, 1.82) is 0 Å². The molecule has 0 fully saturated rings. The van der Waals surface area contributed by atoms with Crippen LogP contribution in [-0.2, 0) is 0 Å². The van der Waals surface area contributed by atoms with Crippen LogP contribution in [0.15, 0.2) is 211 Å². The Morgan fingerprint density at radius 1 is 0.351 bits per heavy atom. The topological polar surface area (TPSA) is 21.3 Å². The third-order valence-electron chi connectivity index (χ3n) is 11.7. The van der Waals surface area contributed by atoms with Crippen LogP contribution in [0.1, 0.15) is 0 Å². The van der Waals surface area contributed by atoms with E-state index >= 15 is 0 Å². The zero-order valence-electron chi connectivity index (χ0n) is 30.9. The molecule has 0 atom stereocenters. The Hall–Kier alpha value is -7.62. The van der Waals surface area contributed by atoms with E-state index in [1.165, 1.54) is 54.1 Å². The standard InChI is InChI=1S/C54H34N2O/c1-3-14-38(15-4-1)55(40-27-25-36-24-23-35-13-7-8-18-42(35)47(36)32-40)41-28-29-46-52(33-41)57-53-34-48(43-19-9-10-21-45(43)54(46)53)37-26-30-51-49(31-37)44-20-11-12-22-50(44)56(51)39-16-5-2-6-17-39/h1-34H. The Morgan fingerprint density at radius 3 is 1.82 bits per heavy atom. The van der Waals surface area contributed by atoms with Gasteiger partial charge in [-0.3, -0.25) is 0 Å². The molecule has 0 bridgehead atoms. The SMILES string of the molecule is c1ccc(N(c2ccc3c(c2)oc2cc(-c4ccc5c(c4)c4ccccc4n5-c4ccccc4)c4ccccc4c23)c2ccc3ccc4ccccc4c3c2)cc1. The fraction of sp³-hybridized carbons (Fsp3) is 0. The maximum atomic E-state index is 6.90. The Balaban J connectivity index is 1.04. The molecule has 0 saturated heterocycles. The lowest BCUT2D eigenvalue weighted by molar-refractivity contribution is 0.669. The normalized spacial score (nSPS) is 11.9. The summed E-state index contributed by atoms with van der Waals surface area (Å²) in [5.41, 5.74) is 10.8. The number of benzene rings is 10. The molecule has 3 nitrogen and oxygen atoms in total. The van der Waals surface area contributed by atoms with Gasteiger partial charge < -0.3 is 13.9 Å². The van der Waals surface area contributed by atoms with Crippen LogP contribution >= 0.6 is 0 Å². The molecule has 2 heterocycles. The lowest BCUT2D eigenvalue weighted by Crippen LogP contribution is -2.09. The zero-order chi connectivity index (χ0) is 37.5. The smallest absolute Gasteiger partial charge is 0.137 e. The van der Waals surface area contributed by atoms with Crippen molar-refractivity contribution >= 4 is 93.1 Å². The molecular weight excluding hydrogens is 693 g/mol. The number of hydrogen-bond donors (Lipinski definition) is 0. The number of para-hydroxylation sites is 3. The first-order valence-electron chi connectivity index (χ1n) is 19.5. The van der Waals surface area contributed by atoms with Gasteiger partial charge in [-0.1, -0.05) is 127 Å². The molecule has 12 aromatic rings. The molecule has 57 heavy (non-hydrogen) atoms. The largest absolute Gasteiger partial charge is 0.456 e. The molecule has 3 heteroatoms. The number of hydrogen-bond acceptors (Lipinski definition) is 2. The van der Waals surface area contributed by atoms with Crippen LogP contribution in [0.2, 0.25) is 0 Å². The molecule has 10 aromatic carbocycles. The fourth-order valence-electron chi connectivity index (χ4n) is 9.16. The Labute approximate surface area is 328 Å². The average Bonchev–Trinajstić information content (AvgIpc) is 3.82. The lowest BCUT2D eigenvalue weighted by Gasteiger charge is -2.26. The molecule has 0 amide bonds. The molecule has 12 rings (SSSR count). The number of nitrogens with zero attached hydrogens (tertiary/aromatic N) is 2. The summed E-state index contributed by atoms with van der Waals surface area (Å²) < 4.78 is 9.27. The molecule has 0 unspecified atom stereocenters. The van der Waals surface area contributed by atoms with Crippen LogP contribution in [-0.4, -0.2) is 4.57 Å². The van der Waals surface area contributed by atoms with E-state index in [1.807, 2.05) is 0 Å². The van der Waals surface area contributed by atoms with Crippen LogP contribution in [0.3, 0.4) is 0 Å². The second-order valence-electron chi connectivity index (χ2n) is 14.9. The summed E-state index contributed by atoms with van der Waals surface area (Å²) in [6.07, 6.45) is 0. The zero-order valence-corrected chi connectivity index (χ0v) is 30.9. The van der Waals surface area contributed by atoms with E-state index in [2.05, 4.69) is 216 Å². The molecule has 0 spiro atoms. The Kier molecular flexibility index (Phi) is 6.93. The van der Waals surface area contributed by atoms with E-state index in [4.69, 9.17) is 4.42 Å². The van der Waals surface area contributed by atoms with Gasteiger partial charge in [0.15, 0.2) is 0 Å². The molecular formula is C54H34N2O. The predicted octanol–water partition coefficient (Wildman–Crippen LogP) is 15.3. The minimum atomic E-state index is 0.860. The molecule has 0 aliphatic carbocycles. The van der Waals surface area contributed by atoms with E-state index in [0.29, 0.717) is 0 Å². The number of furan rings is 1. The van der Waals surface area contributed by atoms with E-state index in [1.54, 1.807) is 0 Å². The third-order valence-corrected chi connectivity index (χ3v) is 11.7. The molecule has 0 N–H and O–H groups in total. The van der Waals surface area contributed by atoms with Crippen LogP contribution in [0.4, 0.5) is 17.1 Å².